The fraction of sp³-hybridized carbons (Fsp3) is 0.538. The maximum atomic E-state index is 5.84. The van der Waals surface area contributed by atoms with Gasteiger partial charge in [0.25, 0.3) is 0 Å². The molecule has 0 aromatic heterocycles. The van der Waals surface area contributed by atoms with E-state index in [0.29, 0.717) is 5.92 Å². The Morgan fingerprint density at radius 3 is 2.47 bits per heavy atom. The van der Waals surface area contributed by atoms with Crippen LogP contribution in [0.25, 0.3) is 0 Å². The second kappa shape index (κ2) is 5.89. The molecule has 0 aliphatic rings. The van der Waals surface area contributed by atoms with Crippen molar-refractivity contribution in [3.05, 3.63) is 35.4 Å². The number of nitrogens with zero attached hydrogens (tertiary/aromatic N) is 1. The molecule has 2 N–H and O–H groups in total. The highest BCUT2D eigenvalue weighted by atomic mass is 15.0. The summed E-state index contributed by atoms with van der Waals surface area (Å²) in [5, 5.41) is 0. The Morgan fingerprint density at radius 1 is 1.27 bits per heavy atom. The van der Waals surface area contributed by atoms with Crippen LogP contribution in [0.1, 0.15) is 23.5 Å². The van der Waals surface area contributed by atoms with Gasteiger partial charge >= 0.3 is 0 Å². The monoisotopic (exact) mass is 206 g/mol. The van der Waals surface area contributed by atoms with Gasteiger partial charge in [0.15, 0.2) is 0 Å². The molecule has 0 fully saturated rings. The van der Waals surface area contributed by atoms with Crippen molar-refractivity contribution in [2.75, 3.05) is 27.2 Å². The van der Waals surface area contributed by atoms with Crippen LogP contribution in [0, 0.1) is 6.92 Å². The summed E-state index contributed by atoms with van der Waals surface area (Å²) in [5.74, 6) is 0.494. The van der Waals surface area contributed by atoms with Crippen molar-refractivity contribution in [1.29, 1.82) is 0 Å². The molecule has 0 bridgehead atoms. The maximum Gasteiger partial charge on any atom is -0.000765 e. The summed E-state index contributed by atoms with van der Waals surface area (Å²) in [7, 11) is 4.21. The maximum absolute atomic E-state index is 5.84. The molecule has 2 nitrogen and oxygen atoms in total. The number of rotatable bonds is 5. The third-order valence-electron chi connectivity index (χ3n) is 2.84. The van der Waals surface area contributed by atoms with Gasteiger partial charge in [0.2, 0.25) is 0 Å². The van der Waals surface area contributed by atoms with E-state index in [1.807, 2.05) is 0 Å². The number of hydrogen-bond donors (Lipinski definition) is 1. The minimum atomic E-state index is 0.494. The minimum absolute atomic E-state index is 0.494. The Morgan fingerprint density at radius 2 is 1.93 bits per heavy atom. The fourth-order valence-electron chi connectivity index (χ4n) is 1.86. The van der Waals surface area contributed by atoms with E-state index in [1.165, 1.54) is 11.1 Å². The van der Waals surface area contributed by atoms with Gasteiger partial charge < -0.3 is 10.6 Å². The molecule has 2 heteroatoms. The average Bonchev–Trinajstić information content (AvgIpc) is 2.21. The third-order valence-corrected chi connectivity index (χ3v) is 2.84. The van der Waals surface area contributed by atoms with Crippen molar-refractivity contribution in [1.82, 2.24) is 4.90 Å². The van der Waals surface area contributed by atoms with Crippen molar-refractivity contribution < 1.29 is 0 Å². The summed E-state index contributed by atoms with van der Waals surface area (Å²) < 4.78 is 0. The molecule has 0 saturated carbocycles. The van der Waals surface area contributed by atoms with E-state index in [9.17, 15) is 0 Å². The third kappa shape index (κ3) is 3.65. The molecular weight excluding hydrogens is 184 g/mol. The van der Waals surface area contributed by atoms with Crippen LogP contribution in [-0.4, -0.2) is 32.1 Å². The van der Waals surface area contributed by atoms with Gasteiger partial charge in [0, 0.05) is 0 Å². The largest absolute Gasteiger partial charge is 0.330 e. The van der Waals surface area contributed by atoms with E-state index < -0.39 is 0 Å². The molecular formula is C13H22N2. The molecule has 1 aromatic carbocycles. The minimum Gasteiger partial charge on any atom is -0.330 e. The molecule has 15 heavy (non-hydrogen) atoms. The van der Waals surface area contributed by atoms with Gasteiger partial charge in [-0.05, 0) is 57.6 Å². The van der Waals surface area contributed by atoms with Crippen molar-refractivity contribution >= 4 is 0 Å². The van der Waals surface area contributed by atoms with Crippen LogP contribution < -0.4 is 5.73 Å². The zero-order chi connectivity index (χ0) is 11.3. The Hall–Kier alpha value is -0.860. The van der Waals surface area contributed by atoms with E-state index >= 15 is 0 Å². The average molecular weight is 206 g/mol. The molecule has 0 aliphatic carbocycles. The van der Waals surface area contributed by atoms with Crippen molar-refractivity contribution in [3.8, 4) is 0 Å². The summed E-state index contributed by atoms with van der Waals surface area (Å²) in [4.78, 5) is 2.21. The van der Waals surface area contributed by atoms with Crippen LogP contribution in [0.2, 0.25) is 0 Å². The van der Waals surface area contributed by atoms with E-state index in [0.717, 1.165) is 19.5 Å². The highest BCUT2D eigenvalue weighted by Crippen LogP contribution is 2.21. The van der Waals surface area contributed by atoms with Gasteiger partial charge in [-0.15, -0.1) is 0 Å². The molecule has 0 saturated heterocycles. The number of hydrogen-bond acceptors (Lipinski definition) is 2. The first-order chi connectivity index (χ1) is 7.15. The quantitative estimate of drug-likeness (QED) is 0.798. The van der Waals surface area contributed by atoms with E-state index in [2.05, 4.69) is 50.2 Å². The summed E-state index contributed by atoms with van der Waals surface area (Å²) in [6, 6.07) is 8.54. The van der Waals surface area contributed by atoms with Crippen molar-refractivity contribution in [3.63, 3.8) is 0 Å². The Kier molecular flexibility index (Phi) is 4.79. The molecule has 1 rings (SSSR count). The Bertz CT molecular complexity index is 294. The second-order valence-electron chi connectivity index (χ2n) is 4.38. The second-order valence-corrected chi connectivity index (χ2v) is 4.38. The molecule has 1 unspecified atom stereocenters. The lowest BCUT2D eigenvalue weighted by molar-refractivity contribution is 0.381. The number of nitrogens with two attached hydrogens (primary N) is 1. The van der Waals surface area contributed by atoms with Crippen LogP contribution in [0.3, 0.4) is 0 Å². The molecule has 0 spiro atoms. The van der Waals surface area contributed by atoms with Crippen molar-refractivity contribution in [2.45, 2.75) is 19.3 Å². The summed E-state index contributed by atoms with van der Waals surface area (Å²) >= 11 is 0. The lowest BCUT2D eigenvalue weighted by atomic mass is 9.92. The molecule has 0 amide bonds. The van der Waals surface area contributed by atoms with Gasteiger partial charge in [-0.25, -0.2) is 0 Å². The molecule has 84 valence electrons. The standard InChI is InChI=1S/C13H22N2/c1-11-6-4-5-7-13(11)12(10-14)8-9-15(2)3/h4-7,12H,8-10,14H2,1-3H3. The van der Waals surface area contributed by atoms with Crippen LogP contribution in [0.4, 0.5) is 0 Å². The predicted octanol–water partition coefficient (Wildman–Crippen LogP) is 1.99. The van der Waals surface area contributed by atoms with Gasteiger partial charge in [0.1, 0.15) is 0 Å². The van der Waals surface area contributed by atoms with Crippen LogP contribution in [0.5, 0.6) is 0 Å². The number of benzene rings is 1. The first-order valence-corrected chi connectivity index (χ1v) is 5.55. The van der Waals surface area contributed by atoms with Gasteiger partial charge in [-0.3, -0.25) is 0 Å². The van der Waals surface area contributed by atoms with E-state index in [4.69, 9.17) is 5.73 Å². The zero-order valence-corrected chi connectivity index (χ0v) is 10.0. The summed E-state index contributed by atoms with van der Waals surface area (Å²) in [5.41, 5.74) is 8.60. The molecule has 0 heterocycles. The highest BCUT2D eigenvalue weighted by Gasteiger charge is 2.11. The molecule has 0 aliphatic heterocycles. The SMILES string of the molecule is Cc1ccccc1C(CN)CCN(C)C. The first kappa shape index (κ1) is 12.2. The Balaban J connectivity index is 2.70. The van der Waals surface area contributed by atoms with Gasteiger partial charge in [0.05, 0.1) is 0 Å². The predicted molar refractivity (Wildman–Crippen MR) is 66.1 cm³/mol. The fourth-order valence-corrected chi connectivity index (χ4v) is 1.86. The zero-order valence-electron chi connectivity index (χ0n) is 10.0. The van der Waals surface area contributed by atoms with Gasteiger partial charge in [-0.2, -0.15) is 0 Å². The topological polar surface area (TPSA) is 29.3 Å². The Labute approximate surface area is 93.1 Å². The summed E-state index contributed by atoms with van der Waals surface area (Å²) in [6.07, 6.45) is 1.13. The molecule has 0 radical (unpaired) electrons. The van der Waals surface area contributed by atoms with E-state index in [1.54, 1.807) is 0 Å². The first-order valence-electron chi connectivity index (χ1n) is 5.55. The molecule has 1 aromatic rings. The molecule has 1 atom stereocenters. The van der Waals surface area contributed by atoms with Crippen molar-refractivity contribution in [2.24, 2.45) is 5.73 Å². The van der Waals surface area contributed by atoms with Crippen LogP contribution in [-0.2, 0) is 0 Å². The smallest absolute Gasteiger partial charge is 0.000765 e. The lowest BCUT2D eigenvalue weighted by Crippen LogP contribution is -2.20. The van der Waals surface area contributed by atoms with Gasteiger partial charge in [-0.1, -0.05) is 24.3 Å². The lowest BCUT2D eigenvalue weighted by Gasteiger charge is -2.19. The number of aryl methyl sites for hydroxylation is 1. The normalized spacial score (nSPS) is 13.1. The van der Waals surface area contributed by atoms with Crippen LogP contribution in [0.15, 0.2) is 24.3 Å². The summed E-state index contributed by atoms with van der Waals surface area (Å²) in [6.45, 7) is 3.99. The van der Waals surface area contributed by atoms with Crippen LogP contribution >= 0.6 is 0 Å². The van der Waals surface area contributed by atoms with E-state index in [-0.39, 0.29) is 0 Å². The highest BCUT2D eigenvalue weighted by molar-refractivity contribution is 5.29.